The molecule has 0 aromatic heterocycles. The van der Waals surface area contributed by atoms with Crippen LogP contribution >= 0.6 is 0 Å². The summed E-state index contributed by atoms with van der Waals surface area (Å²) < 4.78 is 0. The number of anilines is 1. The first kappa shape index (κ1) is 18.2. The number of carbonyl (C=O) groups is 2. The van der Waals surface area contributed by atoms with Crippen molar-refractivity contribution < 1.29 is 9.59 Å². The maximum Gasteiger partial charge on any atom is 0.243 e. The lowest BCUT2D eigenvalue weighted by atomic mass is 10.1. The van der Waals surface area contributed by atoms with Crippen LogP contribution in [0.25, 0.3) is 0 Å². The zero-order valence-corrected chi connectivity index (χ0v) is 15.3. The maximum absolute atomic E-state index is 12.4. The highest BCUT2D eigenvalue weighted by Crippen LogP contribution is 2.59. The predicted octanol–water partition coefficient (Wildman–Crippen LogP) is 3.54. The normalized spacial score (nSPS) is 20.9. The number of nitrogens with one attached hydrogen (secondary N) is 2. The molecule has 24 heavy (non-hydrogen) atoms. The summed E-state index contributed by atoms with van der Waals surface area (Å²) in [6.45, 7) is 10.3. The fourth-order valence-electron chi connectivity index (χ4n) is 3.27. The molecule has 130 valence electrons. The van der Waals surface area contributed by atoms with Crippen LogP contribution in [0.1, 0.15) is 40.2 Å². The molecule has 0 heterocycles. The summed E-state index contributed by atoms with van der Waals surface area (Å²) in [6.07, 6.45) is 3.01. The topological polar surface area (TPSA) is 58.2 Å². The van der Waals surface area contributed by atoms with Gasteiger partial charge in [-0.25, -0.2) is 0 Å². The number of aryl methyl sites for hydroxylation is 1. The quantitative estimate of drug-likeness (QED) is 0.785. The third-order valence-electron chi connectivity index (χ3n) is 4.80. The Hall–Kier alpha value is -2.10. The van der Waals surface area contributed by atoms with E-state index in [2.05, 4.69) is 30.6 Å². The molecule has 4 heteroatoms. The molecule has 4 nitrogen and oxygen atoms in total. The van der Waals surface area contributed by atoms with Gasteiger partial charge in [0.05, 0.1) is 12.5 Å². The molecule has 0 bridgehead atoms. The molecule has 2 atom stereocenters. The zero-order chi connectivity index (χ0) is 17.9. The van der Waals surface area contributed by atoms with Crippen molar-refractivity contribution in [3.8, 4) is 0 Å². The van der Waals surface area contributed by atoms with Crippen molar-refractivity contribution in [3.05, 3.63) is 41.5 Å². The number of rotatable bonds is 6. The van der Waals surface area contributed by atoms with Crippen LogP contribution in [-0.2, 0) is 16.0 Å². The van der Waals surface area contributed by atoms with Crippen LogP contribution in [0, 0.1) is 17.3 Å². The molecule has 1 aliphatic carbocycles. The second-order valence-electron chi connectivity index (χ2n) is 7.35. The molecule has 1 saturated carbocycles. The summed E-state index contributed by atoms with van der Waals surface area (Å²) in [5, 5.41) is 5.66. The third-order valence-corrected chi connectivity index (χ3v) is 4.80. The van der Waals surface area contributed by atoms with Crippen LogP contribution in [0.2, 0.25) is 0 Å². The average Bonchev–Trinajstić information content (AvgIpc) is 3.05. The Balaban J connectivity index is 1.88. The van der Waals surface area contributed by atoms with Crippen molar-refractivity contribution in [2.45, 2.75) is 41.0 Å². The van der Waals surface area contributed by atoms with Crippen molar-refractivity contribution >= 4 is 17.5 Å². The summed E-state index contributed by atoms with van der Waals surface area (Å²) in [4.78, 5) is 24.5. The van der Waals surface area contributed by atoms with Crippen LogP contribution in [0.15, 0.2) is 35.9 Å². The Morgan fingerprint density at radius 3 is 2.50 bits per heavy atom. The number of benzene rings is 1. The lowest BCUT2D eigenvalue weighted by molar-refractivity contribution is -0.125. The minimum Gasteiger partial charge on any atom is -0.347 e. The van der Waals surface area contributed by atoms with E-state index >= 15 is 0 Å². The van der Waals surface area contributed by atoms with Gasteiger partial charge in [0.15, 0.2) is 0 Å². The zero-order valence-electron chi connectivity index (χ0n) is 15.3. The largest absolute Gasteiger partial charge is 0.347 e. The second kappa shape index (κ2) is 7.20. The molecule has 1 aromatic rings. The summed E-state index contributed by atoms with van der Waals surface area (Å²) >= 11 is 0. The second-order valence-corrected chi connectivity index (χ2v) is 7.35. The molecule has 0 saturated heterocycles. The highest BCUT2D eigenvalue weighted by atomic mass is 16.2. The van der Waals surface area contributed by atoms with Crippen LogP contribution < -0.4 is 10.6 Å². The average molecular weight is 328 g/mol. The van der Waals surface area contributed by atoms with Crippen molar-refractivity contribution in [1.82, 2.24) is 5.32 Å². The van der Waals surface area contributed by atoms with E-state index < -0.39 is 0 Å². The van der Waals surface area contributed by atoms with E-state index in [9.17, 15) is 9.59 Å². The molecule has 1 fully saturated rings. The van der Waals surface area contributed by atoms with Gasteiger partial charge in [-0.1, -0.05) is 50.6 Å². The highest BCUT2D eigenvalue weighted by molar-refractivity contribution is 5.96. The molecule has 0 aliphatic heterocycles. The number of carbonyl (C=O) groups excluding carboxylic acids is 2. The number of hydrogen-bond donors (Lipinski definition) is 2. The van der Waals surface area contributed by atoms with Gasteiger partial charge in [0.2, 0.25) is 11.8 Å². The molecule has 1 aliphatic rings. The van der Waals surface area contributed by atoms with Crippen LogP contribution in [0.4, 0.5) is 5.69 Å². The predicted molar refractivity (Wildman–Crippen MR) is 97.7 cm³/mol. The molecule has 2 amide bonds. The first-order valence-electron chi connectivity index (χ1n) is 8.57. The van der Waals surface area contributed by atoms with Gasteiger partial charge in [-0.3, -0.25) is 9.59 Å². The lowest BCUT2D eigenvalue weighted by Crippen LogP contribution is -2.34. The third kappa shape index (κ3) is 4.05. The standard InChI is InChI=1S/C20H28N2O2/c1-6-14-9-7-8-10-16(14)22-17(23)12-21-19(24)18-15(11-13(2)3)20(18,4)5/h7-11,15,18H,6,12H2,1-5H3,(H,21,24)(H,22,23)/t15-,18+/m0/s1. The highest BCUT2D eigenvalue weighted by Gasteiger charge is 2.60. The number of amides is 2. The summed E-state index contributed by atoms with van der Waals surface area (Å²) in [7, 11) is 0. The van der Waals surface area contributed by atoms with E-state index in [1.807, 2.05) is 45.0 Å². The van der Waals surface area contributed by atoms with Crippen molar-refractivity contribution in [2.75, 3.05) is 11.9 Å². The Labute approximate surface area is 144 Å². The Kier molecular flexibility index (Phi) is 5.47. The fraction of sp³-hybridized carbons (Fsp3) is 0.500. The SMILES string of the molecule is CCc1ccccc1NC(=O)CNC(=O)[C@H]1[C@H](C=C(C)C)C1(C)C. The van der Waals surface area contributed by atoms with Crippen LogP contribution in [0.5, 0.6) is 0 Å². The first-order valence-corrected chi connectivity index (χ1v) is 8.57. The summed E-state index contributed by atoms with van der Waals surface area (Å²) in [5.74, 6) is -0.0302. The fourth-order valence-corrected chi connectivity index (χ4v) is 3.27. The minimum atomic E-state index is -0.193. The molecule has 1 aromatic carbocycles. The van der Waals surface area contributed by atoms with Gasteiger partial charge < -0.3 is 10.6 Å². The van der Waals surface area contributed by atoms with Crippen molar-refractivity contribution in [3.63, 3.8) is 0 Å². The number of hydrogen-bond acceptors (Lipinski definition) is 2. The molecular formula is C20H28N2O2. The van der Waals surface area contributed by atoms with Crippen molar-refractivity contribution in [2.24, 2.45) is 17.3 Å². The molecule has 2 rings (SSSR count). The molecule has 2 N–H and O–H groups in total. The molecule has 0 spiro atoms. The first-order chi connectivity index (χ1) is 11.3. The molecule has 0 radical (unpaired) electrons. The molecular weight excluding hydrogens is 300 g/mol. The Bertz CT molecular complexity index is 657. The van der Waals surface area contributed by atoms with Gasteiger partial charge in [-0.2, -0.15) is 0 Å². The van der Waals surface area contributed by atoms with Gasteiger partial charge in [0.1, 0.15) is 0 Å². The van der Waals surface area contributed by atoms with Crippen LogP contribution in [-0.4, -0.2) is 18.4 Å². The van der Waals surface area contributed by atoms with Gasteiger partial charge >= 0.3 is 0 Å². The minimum absolute atomic E-state index is 0.00496. The van der Waals surface area contributed by atoms with Crippen molar-refractivity contribution in [1.29, 1.82) is 0 Å². The number of allylic oxidation sites excluding steroid dienone is 2. The smallest absolute Gasteiger partial charge is 0.243 e. The van der Waals surface area contributed by atoms with Gasteiger partial charge in [0.25, 0.3) is 0 Å². The molecule has 0 unspecified atom stereocenters. The van der Waals surface area contributed by atoms with E-state index in [-0.39, 0.29) is 35.6 Å². The van der Waals surface area contributed by atoms with Gasteiger partial charge in [-0.15, -0.1) is 0 Å². The van der Waals surface area contributed by atoms with E-state index in [1.165, 1.54) is 5.57 Å². The summed E-state index contributed by atoms with van der Waals surface area (Å²) in [5.41, 5.74) is 3.09. The monoisotopic (exact) mass is 328 g/mol. The van der Waals surface area contributed by atoms with E-state index in [0.717, 1.165) is 17.7 Å². The lowest BCUT2D eigenvalue weighted by Gasteiger charge is -2.10. The van der Waals surface area contributed by atoms with E-state index in [4.69, 9.17) is 0 Å². The van der Waals surface area contributed by atoms with Gasteiger partial charge in [0, 0.05) is 5.69 Å². The maximum atomic E-state index is 12.4. The van der Waals surface area contributed by atoms with E-state index in [0.29, 0.717) is 0 Å². The van der Waals surface area contributed by atoms with E-state index in [1.54, 1.807) is 0 Å². The summed E-state index contributed by atoms with van der Waals surface area (Å²) in [6, 6.07) is 7.72. The number of para-hydroxylation sites is 1. The van der Waals surface area contributed by atoms with Gasteiger partial charge in [-0.05, 0) is 43.2 Å². The Morgan fingerprint density at radius 1 is 1.21 bits per heavy atom. The Morgan fingerprint density at radius 2 is 1.88 bits per heavy atom. The van der Waals surface area contributed by atoms with Crippen LogP contribution in [0.3, 0.4) is 0 Å².